The molecule has 1 aromatic heterocycles. The van der Waals surface area contributed by atoms with E-state index in [1.54, 1.807) is 4.57 Å². The Bertz CT molecular complexity index is 655. The molecule has 0 aliphatic heterocycles. The number of nitrogens with zero attached hydrogens (tertiary/aromatic N) is 1. The van der Waals surface area contributed by atoms with Crippen molar-refractivity contribution in [1.29, 1.82) is 0 Å². The Balaban J connectivity index is 2.77. The number of hydrogen-bond acceptors (Lipinski definition) is 2. The molecule has 0 saturated heterocycles. The number of rotatable bonds is 5. The molecular formula is C18H23NO2. The molecule has 0 spiro atoms. The second-order valence-electron chi connectivity index (χ2n) is 5.31. The molecule has 3 heteroatoms. The van der Waals surface area contributed by atoms with Crippen LogP contribution in [0.4, 0.5) is 4.79 Å². The SMILES string of the molecule is C=CC(C)c1c(CCCC)n(C(=O)OC)c2ccccc12. The van der Waals surface area contributed by atoms with Crippen LogP contribution in [0.3, 0.4) is 0 Å². The molecular weight excluding hydrogens is 262 g/mol. The van der Waals surface area contributed by atoms with Gasteiger partial charge in [0.05, 0.1) is 12.6 Å². The monoisotopic (exact) mass is 285 g/mol. The highest BCUT2D eigenvalue weighted by atomic mass is 16.5. The molecule has 0 fully saturated rings. The van der Waals surface area contributed by atoms with Crippen LogP contribution >= 0.6 is 0 Å². The molecule has 0 amide bonds. The van der Waals surface area contributed by atoms with Gasteiger partial charge in [-0.1, -0.05) is 44.5 Å². The Kier molecular flexibility index (Phi) is 4.84. The van der Waals surface area contributed by atoms with Crippen molar-refractivity contribution in [3.05, 3.63) is 48.2 Å². The molecule has 0 aliphatic carbocycles. The number of ether oxygens (including phenoxy) is 1. The highest BCUT2D eigenvalue weighted by Crippen LogP contribution is 2.33. The summed E-state index contributed by atoms with van der Waals surface area (Å²) in [5.41, 5.74) is 3.16. The number of para-hydroxylation sites is 1. The molecule has 112 valence electrons. The van der Waals surface area contributed by atoms with Crippen molar-refractivity contribution < 1.29 is 9.53 Å². The fourth-order valence-corrected chi connectivity index (χ4v) is 2.83. The van der Waals surface area contributed by atoms with Gasteiger partial charge in [0, 0.05) is 17.0 Å². The fraction of sp³-hybridized carbons (Fsp3) is 0.389. The quantitative estimate of drug-likeness (QED) is 0.732. The predicted octanol–water partition coefficient (Wildman–Crippen LogP) is 4.89. The average Bonchev–Trinajstić information content (AvgIpc) is 2.85. The van der Waals surface area contributed by atoms with E-state index in [2.05, 4.69) is 26.5 Å². The molecule has 0 N–H and O–H groups in total. The lowest BCUT2D eigenvalue weighted by molar-refractivity contribution is 0.173. The van der Waals surface area contributed by atoms with Gasteiger partial charge in [-0.25, -0.2) is 9.36 Å². The summed E-state index contributed by atoms with van der Waals surface area (Å²) < 4.78 is 6.71. The van der Waals surface area contributed by atoms with Crippen LogP contribution in [-0.4, -0.2) is 17.8 Å². The molecule has 3 nitrogen and oxygen atoms in total. The highest BCUT2D eigenvalue weighted by Gasteiger charge is 2.23. The first kappa shape index (κ1) is 15.4. The van der Waals surface area contributed by atoms with Gasteiger partial charge in [0.2, 0.25) is 0 Å². The van der Waals surface area contributed by atoms with Gasteiger partial charge in [0.1, 0.15) is 0 Å². The third kappa shape index (κ3) is 2.73. The topological polar surface area (TPSA) is 31.2 Å². The van der Waals surface area contributed by atoms with E-state index in [0.29, 0.717) is 0 Å². The largest absolute Gasteiger partial charge is 0.452 e. The summed E-state index contributed by atoms with van der Waals surface area (Å²) in [6, 6.07) is 8.00. The predicted molar refractivity (Wildman–Crippen MR) is 87.0 cm³/mol. The summed E-state index contributed by atoms with van der Waals surface area (Å²) in [6.45, 7) is 8.19. The van der Waals surface area contributed by atoms with Gasteiger partial charge in [-0.3, -0.25) is 0 Å². The van der Waals surface area contributed by atoms with Gasteiger partial charge in [0.25, 0.3) is 0 Å². The van der Waals surface area contributed by atoms with Crippen molar-refractivity contribution in [3.63, 3.8) is 0 Å². The second kappa shape index (κ2) is 6.61. The van der Waals surface area contributed by atoms with Crippen LogP contribution in [0.2, 0.25) is 0 Å². The minimum Gasteiger partial charge on any atom is -0.452 e. The van der Waals surface area contributed by atoms with E-state index in [1.165, 1.54) is 12.7 Å². The zero-order chi connectivity index (χ0) is 15.4. The number of allylic oxidation sites excluding steroid dienone is 1. The normalized spacial score (nSPS) is 12.3. The van der Waals surface area contributed by atoms with Crippen molar-refractivity contribution in [1.82, 2.24) is 4.57 Å². The molecule has 0 saturated carbocycles. The maximum absolute atomic E-state index is 12.3. The average molecular weight is 285 g/mol. The molecule has 1 aromatic carbocycles. The molecule has 1 unspecified atom stereocenters. The van der Waals surface area contributed by atoms with Crippen LogP contribution in [0.25, 0.3) is 10.9 Å². The minimum atomic E-state index is -0.320. The Morgan fingerprint density at radius 1 is 1.43 bits per heavy atom. The van der Waals surface area contributed by atoms with Crippen LogP contribution in [0.1, 0.15) is 43.9 Å². The Hall–Kier alpha value is -2.03. The van der Waals surface area contributed by atoms with Crippen LogP contribution < -0.4 is 0 Å². The zero-order valence-corrected chi connectivity index (χ0v) is 13.1. The molecule has 2 aromatic rings. The third-order valence-corrected chi connectivity index (χ3v) is 3.95. The van der Waals surface area contributed by atoms with Gasteiger partial charge < -0.3 is 4.74 Å². The maximum atomic E-state index is 12.3. The number of carbonyl (C=O) groups is 1. The Labute approximate surface area is 126 Å². The molecule has 1 heterocycles. The Morgan fingerprint density at radius 3 is 2.76 bits per heavy atom. The molecule has 2 rings (SSSR count). The first-order valence-corrected chi connectivity index (χ1v) is 7.48. The molecule has 0 aliphatic rings. The third-order valence-electron chi connectivity index (χ3n) is 3.95. The van der Waals surface area contributed by atoms with Crippen molar-refractivity contribution >= 4 is 17.0 Å². The van der Waals surface area contributed by atoms with E-state index in [4.69, 9.17) is 4.74 Å². The van der Waals surface area contributed by atoms with Crippen LogP contribution in [-0.2, 0) is 11.2 Å². The Morgan fingerprint density at radius 2 is 2.14 bits per heavy atom. The minimum absolute atomic E-state index is 0.202. The molecule has 1 atom stereocenters. The van der Waals surface area contributed by atoms with E-state index in [0.717, 1.165) is 35.9 Å². The summed E-state index contributed by atoms with van der Waals surface area (Å²) >= 11 is 0. The first-order chi connectivity index (χ1) is 10.2. The number of hydrogen-bond donors (Lipinski definition) is 0. The summed E-state index contributed by atoms with van der Waals surface area (Å²) in [5, 5.41) is 1.11. The van der Waals surface area contributed by atoms with E-state index >= 15 is 0 Å². The van der Waals surface area contributed by atoms with Gasteiger partial charge in [-0.05, 0) is 24.5 Å². The molecule has 0 radical (unpaired) electrons. The van der Waals surface area contributed by atoms with Crippen molar-refractivity contribution in [2.75, 3.05) is 7.11 Å². The van der Waals surface area contributed by atoms with Gasteiger partial charge in [0.15, 0.2) is 0 Å². The standard InChI is InChI=1S/C18H23NO2/c1-5-7-11-16-17(13(3)6-2)14-10-8-9-12-15(14)19(16)18(20)21-4/h6,8-10,12-13H,2,5,7,11H2,1,3-4H3. The lowest BCUT2D eigenvalue weighted by Gasteiger charge is -2.12. The molecule has 0 bridgehead atoms. The van der Waals surface area contributed by atoms with Gasteiger partial charge in [-0.15, -0.1) is 6.58 Å². The van der Waals surface area contributed by atoms with E-state index in [-0.39, 0.29) is 12.0 Å². The number of methoxy groups -OCH3 is 1. The summed E-state index contributed by atoms with van der Waals surface area (Å²) in [6.07, 6.45) is 4.61. The number of unbranched alkanes of at least 4 members (excludes halogenated alkanes) is 1. The number of carbonyl (C=O) groups excluding carboxylic acids is 1. The van der Waals surface area contributed by atoms with Crippen molar-refractivity contribution in [2.24, 2.45) is 0 Å². The van der Waals surface area contributed by atoms with E-state index < -0.39 is 0 Å². The lowest BCUT2D eigenvalue weighted by atomic mass is 9.96. The summed E-state index contributed by atoms with van der Waals surface area (Å²) in [5.74, 6) is 0.202. The number of benzene rings is 1. The summed E-state index contributed by atoms with van der Waals surface area (Å²) in [4.78, 5) is 12.3. The fourth-order valence-electron chi connectivity index (χ4n) is 2.83. The highest BCUT2D eigenvalue weighted by molar-refractivity contribution is 5.94. The van der Waals surface area contributed by atoms with Crippen LogP contribution in [0, 0.1) is 0 Å². The van der Waals surface area contributed by atoms with Crippen LogP contribution in [0.5, 0.6) is 0 Å². The zero-order valence-electron chi connectivity index (χ0n) is 13.1. The number of fused-ring (bicyclic) bond motifs is 1. The lowest BCUT2D eigenvalue weighted by Crippen LogP contribution is -2.15. The number of aromatic nitrogens is 1. The first-order valence-electron chi connectivity index (χ1n) is 7.48. The summed E-state index contributed by atoms with van der Waals surface area (Å²) in [7, 11) is 1.43. The molecule has 21 heavy (non-hydrogen) atoms. The van der Waals surface area contributed by atoms with Crippen LogP contribution in [0.15, 0.2) is 36.9 Å². The second-order valence-corrected chi connectivity index (χ2v) is 5.31. The smallest absolute Gasteiger partial charge is 0.418 e. The van der Waals surface area contributed by atoms with E-state index in [9.17, 15) is 4.79 Å². The maximum Gasteiger partial charge on any atom is 0.418 e. The van der Waals surface area contributed by atoms with Crippen molar-refractivity contribution in [3.8, 4) is 0 Å². The van der Waals surface area contributed by atoms with Gasteiger partial charge >= 0.3 is 6.09 Å². The van der Waals surface area contributed by atoms with Gasteiger partial charge in [-0.2, -0.15) is 0 Å². The van der Waals surface area contributed by atoms with E-state index in [1.807, 2.05) is 24.3 Å². The van der Waals surface area contributed by atoms with Crippen molar-refractivity contribution in [2.45, 2.75) is 39.0 Å².